The molecule has 0 amide bonds. The number of para-hydroxylation sites is 1. The quantitative estimate of drug-likeness (QED) is 0.590. The normalized spacial score (nSPS) is 15.6. The monoisotopic (exact) mass is 361 g/mol. The Balaban J connectivity index is 1.46. The van der Waals surface area contributed by atoms with E-state index in [1.54, 1.807) is 0 Å². The van der Waals surface area contributed by atoms with Crippen molar-refractivity contribution in [2.24, 2.45) is 0 Å². The molecule has 0 N–H and O–H groups in total. The standard InChI is InChI=1S/C23H23NO3/c1-17(25)27-23(14-4-5-15-23)19-9-12-21(13-10-19)26-16-20-11-8-18-6-2-3-7-22(18)24-20/h2-3,6-13H,4-5,14-16H2,1H3. The second kappa shape index (κ2) is 7.39. The highest BCUT2D eigenvalue weighted by Crippen LogP contribution is 2.42. The first-order valence-electron chi connectivity index (χ1n) is 9.42. The van der Waals surface area contributed by atoms with Crippen LogP contribution >= 0.6 is 0 Å². The van der Waals surface area contributed by atoms with E-state index >= 15 is 0 Å². The van der Waals surface area contributed by atoms with Gasteiger partial charge in [-0.15, -0.1) is 0 Å². The number of fused-ring (bicyclic) bond motifs is 1. The van der Waals surface area contributed by atoms with Crippen LogP contribution in [0.15, 0.2) is 60.7 Å². The molecule has 0 bridgehead atoms. The Labute approximate surface area is 159 Å². The highest BCUT2D eigenvalue weighted by atomic mass is 16.6. The molecule has 0 atom stereocenters. The summed E-state index contributed by atoms with van der Waals surface area (Å²) >= 11 is 0. The number of esters is 1. The van der Waals surface area contributed by atoms with E-state index in [0.717, 1.165) is 53.6 Å². The molecule has 1 fully saturated rings. The summed E-state index contributed by atoms with van der Waals surface area (Å²) in [6, 6.07) is 20.0. The van der Waals surface area contributed by atoms with Crippen molar-refractivity contribution in [1.29, 1.82) is 0 Å². The topological polar surface area (TPSA) is 48.4 Å². The third kappa shape index (κ3) is 3.80. The first-order chi connectivity index (χ1) is 13.1. The fourth-order valence-corrected chi connectivity index (χ4v) is 3.87. The summed E-state index contributed by atoms with van der Waals surface area (Å²) in [4.78, 5) is 16.2. The van der Waals surface area contributed by atoms with Crippen LogP contribution in [0.5, 0.6) is 5.75 Å². The Morgan fingerprint density at radius 1 is 1.00 bits per heavy atom. The van der Waals surface area contributed by atoms with Crippen molar-refractivity contribution >= 4 is 16.9 Å². The van der Waals surface area contributed by atoms with Crippen molar-refractivity contribution in [2.75, 3.05) is 0 Å². The molecule has 1 heterocycles. The molecule has 3 aromatic rings. The second-order valence-corrected chi connectivity index (χ2v) is 7.10. The van der Waals surface area contributed by atoms with Gasteiger partial charge in [-0.25, -0.2) is 4.98 Å². The number of hydrogen-bond acceptors (Lipinski definition) is 4. The van der Waals surface area contributed by atoms with Gasteiger partial charge in [0.05, 0.1) is 11.2 Å². The highest BCUT2D eigenvalue weighted by molar-refractivity contribution is 5.78. The number of carbonyl (C=O) groups excluding carboxylic acids is 1. The van der Waals surface area contributed by atoms with E-state index < -0.39 is 5.60 Å². The van der Waals surface area contributed by atoms with E-state index in [4.69, 9.17) is 9.47 Å². The highest BCUT2D eigenvalue weighted by Gasteiger charge is 2.38. The van der Waals surface area contributed by atoms with Crippen molar-refractivity contribution in [3.8, 4) is 5.75 Å². The molecule has 4 heteroatoms. The van der Waals surface area contributed by atoms with Gasteiger partial charge in [0.2, 0.25) is 0 Å². The number of pyridine rings is 1. The molecule has 1 saturated carbocycles. The van der Waals surface area contributed by atoms with Gasteiger partial charge in [0.1, 0.15) is 18.0 Å². The van der Waals surface area contributed by atoms with Crippen molar-refractivity contribution in [2.45, 2.75) is 44.8 Å². The Bertz CT molecular complexity index is 943. The maximum Gasteiger partial charge on any atom is 0.303 e. The summed E-state index contributed by atoms with van der Waals surface area (Å²) in [6.45, 7) is 1.90. The molecule has 2 aromatic carbocycles. The fourth-order valence-electron chi connectivity index (χ4n) is 3.87. The average molecular weight is 361 g/mol. The van der Waals surface area contributed by atoms with Crippen LogP contribution in [-0.2, 0) is 21.7 Å². The number of ether oxygens (including phenoxy) is 2. The van der Waals surface area contributed by atoms with E-state index in [1.807, 2.05) is 54.6 Å². The summed E-state index contributed by atoms with van der Waals surface area (Å²) in [5.74, 6) is 0.560. The van der Waals surface area contributed by atoms with E-state index in [-0.39, 0.29) is 5.97 Å². The molecule has 27 heavy (non-hydrogen) atoms. The third-order valence-electron chi connectivity index (χ3n) is 5.17. The molecule has 138 valence electrons. The van der Waals surface area contributed by atoms with Gasteiger partial charge in [-0.2, -0.15) is 0 Å². The van der Waals surface area contributed by atoms with Crippen molar-refractivity contribution in [3.63, 3.8) is 0 Å². The van der Waals surface area contributed by atoms with Crippen molar-refractivity contribution < 1.29 is 14.3 Å². The Hall–Kier alpha value is -2.88. The van der Waals surface area contributed by atoms with Crippen molar-refractivity contribution in [3.05, 3.63) is 71.9 Å². The zero-order valence-electron chi connectivity index (χ0n) is 15.5. The van der Waals surface area contributed by atoms with Crippen LogP contribution in [0.4, 0.5) is 0 Å². The van der Waals surface area contributed by atoms with Crippen LogP contribution in [-0.4, -0.2) is 11.0 Å². The van der Waals surface area contributed by atoms with Crippen LogP contribution in [0, 0.1) is 0 Å². The molecule has 4 rings (SSSR count). The van der Waals surface area contributed by atoms with Gasteiger partial charge in [-0.3, -0.25) is 4.79 Å². The predicted octanol–water partition coefficient (Wildman–Crippen LogP) is 5.15. The first kappa shape index (κ1) is 17.5. The minimum absolute atomic E-state index is 0.223. The third-order valence-corrected chi connectivity index (χ3v) is 5.17. The molecular formula is C23H23NO3. The van der Waals surface area contributed by atoms with Crippen LogP contribution in [0.25, 0.3) is 10.9 Å². The SMILES string of the molecule is CC(=O)OC1(c2ccc(OCc3ccc4ccccc4n3)cc2)CCCC1. The smallest absolute Gasteiger partial charge is 0.303 e. The molecule has 1 aromatic heterocycles. The van der Waals surface area contributed by atoms with Gasteiger partial charge in [-0.1, -0.05) is 36.4 Å². The molecule has 4 nitrogen and oxygen atoms in total. The van der Waals surface area contributed by atoms with Gasteiger partial charge >= 0.3 is 5.97 Å². The largest absolute Gasteiger partial charge is 0.487 e. The zero-order chi connectivity index (χ0) is 18.7. The Morgan fingerprint density at radius 3 is 2.48 bits per heavy atom. The summed E-state index contributed by atoms with van der Waals surface area (Å²) in [5, 5.41) is 1.12. The molecule has 1 aliphatic carbocycles. The number of carbonyl (C=O) groups is 1. The number of benzene rings is 2. The molecule has 0 spiro atoms. The lowest BCUT2D eigenvalue weighted by Crippen LogP contribution is -2.28. The molecular weight excluding hydrogens is 338 g/mol. The van der Waals surface area contributed by atoms with E-state index in [0.29, 0.717) is 6.61 Å². The maximum absolute atomic E-state index is 11.5. The minimum atomic E-state index is -0.468. The number of rotatable bonds is 5. The molecule has 0 unspecified atom stereocenters. The second-order valence-electron chi connectivity index (χ2n) is 7.10. The lowest BCUT2D eigenvalue weighted by atomic mass is 9.92. The minimum Gasteiger partial charge on any atom is -0.487 e. The predicted molar refractivity (Wildman–Crippen MR) is 104 cm³/mol. The van der Waals surface area contributed by atoms with Gasteiger partial charge in [0.15, 0.2) is 0 Å². The number of hydrogen-bond donors (Lipinski definition) is 0. The molecule has 0 saturated heterocycles. The van der Waals surface area contributed by atoms with Crippen LogP contribution in [0.3, 0.4) is 0 Å². The molecule has 0 aliphatic heterocycles. The number of aromatic nitrogens is 1. The fraction of sp³-hybridized carbons (Fsp3) is 0.304. The van der Waals surface area contributed by atoms with Gasteiger partial charge < -0.3 is 9.47 Å². The summed E-state index contributed by atoms with van der Waals surface area (Å²) in [5.41, 5.74) is 2.44. The van der Waals surface area contributed by atoms with Gasteiger partial charge in [0.25, 0.3) is 0 Å². The average Bonchev–Trinajstić information content (AvgIpc) is 3.15. The summed E-state index contributed by atoms with van der Waals surface area (Å²) in [7, 11) is 0. The lowest BCUT2D eigenvalue weighted by Gasteiger charge is -2.29. The van der Waals surface area contributed by atoms with Crippen molar-refractivity contribution in [1.82, 2.24) is 4.98 Å². The number of nitrogens with zero attached hydrogens (tertiary/aromatic N) is 1. The summed E-state index contributed by atoms with van der Waals surface area (Å²) < 4.78 is 11.6. The maximum atomic E-state index is 11.5. The van der Waals surface area contributed by atoms with Gasteiger partial charge in [-0.05, 0) is 55.5 Å². The Morgan fingerprint density at radius 2 is 1.74 bits per heavy atom. The van der Waals surface area contributed by atoms with Crippen LogP contribution in [0.1, 0.15) is 43.9 Å². The van der Waals surface area contributed by atoms with E-state index in [9.17, 15) is 4.79 Å². The van der Waals surface area contributed by atoms with Gasteiger partial charge in [0, 0.05) is 12.3 Å². The lowest BCUT2D eigenvalue weighted by molar-refractivity contribution is -0.157. The van der Waals surface area contributed by atoms with Crippen LogP contribution in [0.2, 0.25) is 0 Å². The molecule has 0 radical (unpaired) electrons. The van der Waals surface area contributed by atoms with E-state index in [2.05, 4.69) is 11.1 Å². The van der Waals surface area contributed by atoms with Crippen LogP contribution < -0.4 is 4.74 Å². The first-order valence-corrected chi connectivity index (χ1v) is 9.42. The zero-order valence-corrected chi connectivity index (χ0v) is 15.5. The summed E-state index contributed by atoms with van der Waals surface area (Å²) in [6.07, 6.45) is 3.93. The van der Waals surface area contributed by atoms with E-state index in [1.165, 1.54) is 6.92 Å². The molecule has 1 aliphatic rings. The Kier molecular flexibility index (Phi) is 4.80.